The number of hydrogen-bond donors (Lipinski definition) is 2. The van der Waals surface area contributed by atoms with Crippen LogP contribution in [-0.2, 0) is 18.3 Å². The van der Waals surface area contributed by atoms with Gasteiger partial charge in [0, 0.05) is 19.7 Å². The number of nitrogens with one attached hydrogen (secondary N) is 1. The summed E-state index contributed by atoms with van der Waals surface area (Å²) >= 11 is 0. The van der Waals surface area contributed by atoms with Crippen molar-refractivity contribution in [3.8, 4) is 0 Å². The van der Waals surface area contributed by atoms with E-state index in [2.05, 4.69) is 17.3 Å². The molecular formula is C12H22N4O. The minimum absolute atomic E-state index is 0.0352. The van der Waals surface area contributed by atoms with Crippen molar-refractivity contribution in [2.24, 2.45) is 18.7 Å². The number of carbonyl (C=O) groups excluding carboxylic acids is 1. The molecule has 0 radical (unpaired) electrons. The van der Waals surface area contributed by atoms with Gasteiger partial charge in [-0.05, 0) is 25.3 Å². The van der Waals surface area contributed by atoms with Gasteiger partial charge in [0.1, 0.15) is 0 Å². The number of aromatic nitrogens is 2. The molecule has 0 aliphatic carbocycles. The Labute approximate surface area is 102 Å². The number of nitrogens with two attached hydrogens (primary N) is 1. The number of aryl methyl sites for hydroxylation is 2. The maximum Gasteiger partial charge on any atom is 0.224 e. The molecule has 1 aromatic rings. The zero-order chi connectivity index (χ0) is 12.8. The minimum Gasteiger partial charge on any atom is -0.330 e. The molecule has 1 rings (SSSR count). The highest BCUT2D eigenvalue weighted by Gasteiger charge is 2.10. The fraction of sp³-hybridized carbons (Fsp3) is 0.667. The van der Waals surface area contributed by atoms with Gasteiger partial charge in [-0.25, -0.2) is 0 Å². The first-order valence-corrected chi connectivity index (χ1v) is 6.09. The number of rotatable bonds is 6. The van der Waals surface area contributed by atoms with Crippen molar-refractivity contribution in [3.63, 3.8) is 0 Å². The largest absolute Gasteiger partial charge is 0.330 e. The highest BCUT2D eigenvalue weighted by atomic mass is 16.1. The van der Waals surface area contributed by atoms with E-state index < -0.39 is 0 Å². The number of anilines is 1. The molecule has 0 saturated heterocycles. The van der Waals surface area contributed by atoms with Gasteiger partial charge in [-0.1, -0.05) is 13.8 Å². The van der Waals surface area contributed by atoms with E-state index in [0.717, 1.165) is 24.2 Å². The molecule has 1 atom stereocenters. The fourth-order valence-electron chi connectivity index (χ4n) is 1.61. The van der Waals surface area contributed by atoms with E-state index in [1.54, 1.807) is 4.68 Å². The zero-order valence-corrected chi connectivity index (χ0v) is 10.9. The summed E-state index contributed by atoms with van der Waals surface area (Å²) in [5, 5.41) is 7.17. The van der Waals surface area contributed by atoms with Gasteiger partial charge in [0.2, 0.25) is 5.91 Å². The molecule has 0 aromatic carbocycles. The lowest BCUT2D eigenvalue weighted by molar-refractivity contribution is -0.116. The third kappa shape index (κ3) is 4.19. The Kier molecular flexibility index (Phi) is 5.15. The molecule has 1 aromatic heterocycles. The van der Waals surface area contributed by atoms with Crippen molar-refractivity contribution in [2.75, 3.05) is 11.9 Å². The number of nitrogens with zero attached hydrogens (tertiary/aromatic N) is 2. The third-order valence-electron chi connectivity index (χ3n) is 2.78. The summed E-state index contributed by atoms with van der Waals surface area (Å²) in [7, 11) is 1.85. The van der Waals surface area contributed by atoms with Crippen molar-refractivity contribution in [1.82, 2.24) is 9.78 Å². The van der Waals surface area contributed by atoms with Crippen molar-refractivity contribution in [3.05, 3.63) is 11.9 Å². The first-order chi connectivity index (χ1) is 8.06. The molecule has 0 spiro atoms. The minimum atomic E-state index is 0.0352. The Hall–Kier alpha value is -1.36. The maximum absolute atomic E-state index is 11.7. The maximum atomic E-state index is 11.7. The lowest BCUT2D eigenvalue weighted by Gasteiger charge is -2.08. The normalized spacial score (nSPS) is 12.5. The van der Waals surface area contributed by atoms with Crippen LogP contribution in [0.1, 0.15) is 32.4 Å². The molecule has 17 heavy (non-hydrogen) atoms. The summed E-state index contributed by atoms with van der Waals surface area (Å²) in [6.45, 7) is 4.70. The SMILES string of the molecule is CCc1nn(C)cc1NC(=O)CCC(C)CN. The van der Waals surface area contributed by atoms with Crippen LogP contribution >= 0.6 is 0 Å². The quantitative estimate of drug-likeness (QED) is 0.784. The monoisotopic (exact) mass is 238 g/mol. The molecule has 96 valence electrons. The van der Waals surface area contributed by atoms with Crippen LogP contribution in [0.4, 0.5) is 5.69 Å². The average molecular weight is 238 g/mol. The molecule has 0 saturated carbocycles. The molecular weight excluding hydrogens is 216 g/mol. The van der Waals surface area contributed by atoms with Crippen LogP contribution in [0, 0.1) is 5.92 Å². The molecule has 0 aliphatic rings. The molecule has 1 unspecified atom stereocenters. The van der Waals surface area contributed by atoms with Crippen LogP contribution < -0.4 is 11.1 Å². The Morgan fingerprint density at radius 3 is 2.94 bits per heavy atom. The Morgan fingerprint density at radius 1 is 1.65 bits per heavy atom. The summed E-state index contributed by atoms with van der Waals surface area (Å²) in [6.07, 6.45) is 3.99. The van der Waals surface area contributed by atoms with Crippen molar-refractivity contribution in [1.29, 1.82) is 0 Å². The summed E-state index contributed by atoms with van der Waals surface area (Å²) in [5.41, 5.74) is 7.26. The van der Waals surface area contributed by atoms with Gasteiger partial charge in [-0.15, -0.1) is 0 Å². The van der Waals surface area contributed by atoms with Gasteiger partial charge in [0.05, 0.1) is 11.4 Å². The van der Waals surface area contributed by atoms with Crippen LogP contribution in [0.25, 0.3) is 0 Å². The topological polar surface area (TPSA) is 72.9 Å². The highest BCUT2D eigenvalue weighted by Crippen LogP contribution is 2.14. The molecule has 0 bridgehead atoms. The summed E-state index contributed by atoms with van der Waals surface area (Å²) < 4.78 is 1.72. The van der Waals surface area contributed by atoms with Crippen LogP contribution in [0.3, 0.4) is 0 Å². The fourth-order valence-corrected chi connectivity index (χ4v) is 1.61. The highest BCUT2D eigenvalue weighted by molar-refractivity contribution is 5.91. The second-order valence-corrected chi connectivity index (χ2v) is 4.44. The zero-order valence-electron chi connectivity index (χ0n) is 10.9. The predicted molar refractivity (Wildman–Crippen MR) is 68.7 cm³/mol. The van der Waals surface area contributed by atoms with E-state index in [1.807, 2.05) is 20.2 Å². The van der Waals surface area contributed by atoms with E-state index in [9.17, 15) is 4.79 Å². The first kappa shape index (κ1) is 13.7. The second-order valence-electron chi connectivity index (χ2n) is 4.44. The third-order valence-corrected chi connectivity index (χ3v) is 2.78. The van der Waals surface area contributed by atoms with Crippen molar-refractivity contribution in [2.45, 2.75) is 33.1 Å². The molecule has 0 fully saturated rings. The van der Waals surface area contributed by atoms with E-state index >= 15 is 0 Å². The smallest absolute Gasteiger partial charge is 0.224 e. The molecule has 1 heterocycles. The molecule has 3 N–H and O–H groups in total. The summed E-state index contributed by atoms with van der Waals surface area (Å²) in [5.74, 6) is 0.424. The second kappa shape index (κ2) is 6.39. The Balaban J connectivity index is 2.50. The van der Waals surface area contributed by atoms with Gasteiger partial charge < -0.3 is 11.1 Å². The van der Waals surface area contributed by atoms with Gasteiger partial charge in [0.15, 0.2) is 0 Å². The van der Waals surface area contributed by atoms with Crippen LogP contribution in [0.5, 0.6) is 0 Å². The average Bonchev–Trinajstić information content (AvgIpc) is 2.66. The molecule has 0 aliphatic heterocycles. The summed E-state index contributed by atoms with van der Waals surface area (Å²) in [4.78, 5) is 11.7. The van der Waals surface area contributed by atoms with Gasteiger partial charge in [-0.2, -0.15) is 5.10 Å². The summed E-state index contributed by atoms with van der Waals surface area (Å²) in [6, 6.07) is 0. The number of amides is 1. The molecule has 5 heteroatoms. The van der Waals surface area contributed by atoms with Crippen molar-refractivity contribution >= 4 is 11.6 Å². The predicted octanol–water partition coefficient (Wildman–Crippen LogP) is 1.30. The number of carbonyl (C=O) groups is 1. The van der Waals surface area contributed by atoms with Crippen molar-refractivity contribution < 1.29 is 4.79 Å². The van der Waals surface area contributed by atoms with Gasteiger partial charge in [0.25, 0.3) is 0 Å². The van der Waals surface area contributed by atoms with E-state index in [0.29, 0.717) is 18.9 Å². The van der Waals surface area contributed by atoms with Crippen LogP contribution in [0.15, 0.2) is 6.20 Å². The van der Waals surface area contributed by atoms with Gasteiger partial charge >= 0.3 is 0 Å². The standard InChI is InChI=1S/C12H22N4O/c1-4-10-11(8-16(3)15-10)14-12(17)6-5-9(2)7-13/h8-9H,4-7,13H2,1-3H3,(H,14,17). The van der Waals surface area contributed by atoms with E-state index in [1.165, 1.54) is 0 Å². The van der Waals surface area contributed by atoms with Crippen LogP contribution in [0.2, 0.25) is 0 Å². The first-order valence-electron chi connectivity index (χ1n) is 6.09. The van der Waals surface area contributed by atoms with Gasteiger partial charge in [-0.3, -0.25) is 9.48 Å². The van der Waals surface area contributed by atoms with Crippen LogP contribution in [-0.4, -0.2) is 22.2 Å². The molecule has 1 amide bonds. The van der Waals surface area contributed by atoms with E-state index in [4.69, 9.17) is 5.73 Å². The Bertz CT molecular complexity index is 373. The lowest BCUT2D eigenvalue weighted by Crippen LogP contribution is -2.16. The number of hydrogen-bond acceptors (Lipinski definition) is 3. The molecule has 5 nitrogen and oxygen atoms in total. The Morgan fingerprint density at radius 2 is 2.35 bits per heavy atom. The lowest BCUT2D eigenvalue weighted by atomic mass is 10.1. The van der Waals surface area contributed by atoms with E-state index in [-0.39, 0.29) is 5.91 Å².